The van der Waals surface area contributed by atoms with E-state index in [0.717, 1.165) is 25.8 Å². The van der Waals surface area contributed by atoms with Crippen LogP contribution >= 0.6 is 0 Å². The van der Waals surface area contributed by atoms with Crippen molar-refractivity contribution in [3.63, 3.8) is 0 Å². The highest BCUT2D eigenvalue weighted by Gasteiger charge is 2.40. The number of hydrogen-bond donors (Lipinski definition) is 1. The fourth-order valence-corrected chi connectivity index (χ4v) is 3.33. The fraction of sp³-hybridized carbons (Fsp3) is 0.562. The second-order valence-corrected chi connectivity index (χ2v) is 6.36. The topological polar surface area (TPSA) is 87.8 Å². The summed E-state index contributed by atoms with van der Waals surface area (Å²) in [5.74, 6) is 1.39. The van der Waals surface area contributed by atoms with Crippen molar-refractivity contribution in [2.45, 2.75) is 25.6 Å². The highest BCUT2D eigenvalue weighted by Crippen LogP contribution is 2.31. The van der Waals surface area contributed by atoms with E-state index in [0.29, 0.717) is 36.8 Å². The molecule has 0 spiro atoms. The van der Waals surface area contributed by atoms with E-state index in [2.05, 4.69) is 24.9 Å². The first kappa shape index (κ1) is 16.4. The molecule has 2 aromatic heterocycles. The second-order valence-electron chi connectivity index (χ2n) is 6.36. The van der Waals surface area contributed by atoms with Crippen LogP contribution in [0.1, 0.15) is 23.3 Å². The van der Waals surface area contributed by atoms with Crippen molar-refractivity contribution in [3.05, 3.63) is 35.4 Å². The van der Waals surface area contributed by atoms with Gasteiger partial charge in [0.2, 0.25) is 5.89 Å². The Morgan fingerprint density at radius 3 is 2.96 bits per heavy atom. The minimum absolute atomic E-state index is 0.0451. The monoisotopic (exact) mass is 349 g/mol. The van der Waals surface area contributed by atoms with Gasteiger partial charge in [0.05, 0.1) is 26.0 Å². The smallest absolute Gasteiger partial charge is 0.246 e. The first-order valence-corrected chi connectivity index (χ1v) is 8.29. The van der Waals surface area contributed by atoms with Gasteiger partial charge in [0.1, 0.15) is 17.7 Å². The van der Waals surface area contributed by atoms with Crippen LogP contribution in [0.2, 0.25) is 0 Å². The van der Waals surface area contributed by atoms with Gasteiger partial charge in [0.15, 0.2) is 5.82 Å². The lowest BCUT2D eigenvalue weighted by Crippen LogP contribution is -2.62. The standard InChI is InChI=1S/C16H20FN5O3/c1-10-19-16(25-20-10)14-9-24-3-2-22(14)12-6-21(7-12)15-4-11(8-23)13(17)5-18-15/h4-5,12,14,23H,2-3,6-9H2,1H3. The summed E-state index contributed by atoms with van der Waals surface area (Å²) in [6.07, 6.45) is 1.16. The fourth-order valence-electron chi connectivity index (χ4n) is 3.33. The molecule has 4 heterocycles. The van der Waals surface area contributed by atoms with Gasteiger partial charge >= 0.3 is 0 Å². The number of morpholine rings is 1. The maximum Gasteiger partial charge on any atom is 0.246 e. The van der Waals surface area contributed by atoms with Crippen LogP contribution in [0.25, 0.3) is 0 Å². The lowest BCUT2D eigenvalue weighted by molar-refractivity contribution is -0.0462. The average Bonchev–Trinajstić information content (AvgIpc) is 3.02. The summed E-state index contributed by atoms with van der Waals surface area (Å²) in [6.45, 7) is 5.00. The van der Waals surface area contributed by atoms with Crippen molar-refractivity contribution in [3.8, 4) is 0 Å². The molecule has 2 aliphatic rings. The van der Waals surface area contributed by atoms with E-state index in [9.17, 15) is 9.50 Å². The molecule has 0 radical (unpaired) electrons. The number of anilines is 1. The van der Waals surface area contributed by atoms with E-state index >= 15 is 0 Å². The molecule has 2 fully saturated rings. The summed E-state index contributed by atoms with van der Waals surface area (Å²) >= 11 is 0. The largest absolute Gasteiger partial charge is 0.392 e. The van der Waals surface area contributed by atoms with Crippen LogP contribution in [0.15, 0.2) is 16.8 Å². The van der Waals surface area contributed by atoms with Crippen molar-refractivity contribution in [1.82, 2.24) is 20.0 Å². The van der Waals surface area contributed by atoms with E-state index in [1.165, 1.54) is 0 Å². The number of hydrogen-bond acceptors (Lipinski definition) is 8. The Morgan fingerprint density at radius 2 is 2.24 bits per heavy atom. The summed E-state index contributed by atoms with van der Waals surface area (Å²) in [7, 11) is 0. The molecular formula is C16H20FN5O3. The summed E-state index contributed by atoms with van der Waals surface area (Å²) in [6, 6.07) is 1.87. The lowest BCUT2D eigenvalue weighted by Gasteiger charge is -2.49. The zero-order valence-electron chi connectivity index (χ0n) is 13.9. The zero-order chi connectivity index (χ0) is 17.4. The van der Waals surface area contributed by atoms with Gasteiger partial charge in [-0.15, -0.1) is 0 Å². The number of halogens is 1. The van der Waals surface area contributed by atoms with Crippen molar-refractivity contribution < 1.29 is 18.8 Å². The normalized spacial score (nSPS) is 22.2. The van der Waals surface area contributed by atoms with Gasteiger partial charge in [-0.2, -0.15) is 4.98 Å². The predicted molar refractivity (Wildman–Crippen MR) is 85.4 cm³/mol. The Hall–Kier alpha value is -2.10. The van der Waals surface area contributed by atoms with Crippen LogP contribution < -0.4 is 4.90 Å². The maximum atomic E-state index is 13.5. The van der Waals surface area contributed by atoms with E-state index in [-0.39, 0.29) is 18.2 Å². The molecule has 4 rings (SSSR count). The van der Waals surface area contributed by atoms with Crippen LogP contribution in [0.5, 0.6) is 0 Å². The zero-order valence-corrected chi connectivity index (χ0v) is 13.9. The van der Waals surface area contributed by atoms with Crippen LogP contribution in [0.4, 0.5) is 10.2 Å². The van der Waals surface area contributed by atoms with E-state index < -0.39 is 5.82 Å². The number of aliphatic hydroxyl groups excluding tert-OH is 1. The molecule has 1 unspecified atom stereocenters. The number of aromatic nitrogens is 3. The second kappa shape index (κ2) is 6.66. The molecule has 0 aromatic carbocycles. The Balaban J connectivity index is 1.45. The third-order valence-electron chi connectivity index (χ3n) is 4.74. The highest BCUT2D eigenvalue weighted by atomic mass is 19.1. The first-order valence-electron chi connectivity index (χ1n) is 8.29. The van der Waals surface area contributed by atoms with Crippen molar-refractivity contribution in [2.75, 3.05) is 37.7 Å². The van der Waals surface area contributed by atoms with Crippen molar-refractivity contribution >= 4 is 5.82 Å². The lowest BCUT2D eigenvalue weighted by atomic mass is 10.0. The number of aliphatic hydroxyl groups is 1. The molecular weight excluding hydrogens is 329 g/mol. The van der Waals surface area contributed by atoms with Gasteiger partial charge in [-0.3, -0.25) is 4.90 Å². The summed E-state index contributed by atoms with van der Waals surface area (Å²) in [5.41, 5.74) is 0.263. The molecule has 8 nitrogen and oxygen atoms in total. The quantitative estimate of drug-likeness (QED) is 0.862. The van der Waals surface area contributed by atoms with Gasteiger partial charge in [0, 0.05) is 31.2 Å². The summed E-state index contributed by atoms with van der Waals surface area (Å²) < 4.78 is 24.4. The molecule has 0 saturated carbocycles. The molecule has 2 aromatic rings. The molecule has 9 heteroatoms. The molecule has 1 atom stereocenters. The molecule has 0 aliphatic carbocycles. The van der Waals surface area contributed by atoms with Gasteiger partial charge in [-0.05, 0) is 13.0 Å². The van der Waals surface area contributed by atoms with Crippen LogP contribution in [-0.4, -0.2) is 64.0 Å². The third kappa shape index (κ3) is 3.10. The third-order valence-corrected chi connectivity index (χ3v) is 4.74. The van der Waals surface area contributed by atoms with E-state index in [1.54, 1.807) is 13.0 Å². The van der Waals surface area contributed by atoms with Crippen molar-refractivity contribution in [2.24, 2.45) is 0 Å². The minimum atomic E-state index is -0.483. The Kier molecular flexibility index (Phi) is 4.36. The molecule has 1 N–H and O–H groups in total. The van der Waals surface area contributed by atoms with Gasteiger partial charge in [-0.1, -0.05) is 5.16 Å². The molecule has 0 bridgehead atoms. The Bertz CT molecular complexity index is 749. The van der Waals surface area contributed by atoms with E-state index in [1.807, 2.05) is 0 Å². The average molecular weight is 349 g/mol. The van der Waals surface area contributed by atoms with Crippen LogP contribution in [-0.2, 0) is 11.3 Å². The highest BCUT2D eigenvalue weighted by molar-refractivity contribution is 5.45. The van der Waals surface area contributed by atoms with E-state index in [4.69, 9.17) is 9.26 Å². The number of pyridine rings is 1. The molecule has 134 valence electrons. The van der Waals surface area contributed by atoms with Crippen molar-refractivity contribution in [1.29, 1.82) is 0 Å². The predicted octanol–water partition coefficient (Wildman–Crippen LogP) is 0.667. The Morgan fingerprint density at radius 1 is 1.40 bits per heavy atom. The molecule has 2 saturated heterocycles. The van der Waals surface area contributed by atoms with Gasteiger partial charge in [-0.25, -0.2) is 9.37 Å². The minimum Gasteiger partial charge on any atom is -0.392 e. The molecule has 25 heavy (non-hydrogen) atoms. The van der Waals surface area contributed by atoms with Gasteiger partial charge < -0.3 is 19.3 Å². The number of rotatable bonds is 4. The Labute approximate surface area is 144 Å². The SMILES string of the molecule is Cc1noc(C2COCCN2C2CN(c3cc(CO)c(F)cn3)C2)n1. The maximum absolute atomic E-state index is 13.5. The number of nitrogens with zero attached hydrogens (tertiary/aromatic N) is 5. The summed E-state index contributed by atoms with van der Waals surface area (Å²) in [5, 5.41) is 13.1. The number of ether oxygens (including phenoxy) is 1. The van der Waals surface area contributed by atoms with Crippen LogP contribution in [0, 0.1) is 12.7 Å². The van der Waals surface area contributed by atoms with Gasteiger partial charge in [0.25, 0.3) is 0 Å². The van der Waals surface area contributed by atoms with Crippen LogP contribution in [0.3, 0.4) is 0 Å². The molecule has 0 amide bonds. The molecule has 2 aliphatic heterocycles. The first-order chi connectivity index (χ1) is 12.2. The number of aryl methyl sites for hydroxylation is 1. The summed E-state index contributed by atoms with van der Waals surface area (Å²) in [4.78, 5) is 12.9.